The van der Waals surface area contributed by atoms with E-state index in [0.29, 0.717) is 6.04 Å². The lowest BCUT2D eigenvalue weighted by Crippen LogP contribution is -1.91. The highest BCUT2D eigenvalue weighted by Crippen LogP contribution is 2.36. The average Bonchev–Trinajstić information content (AvgIpc) is 3.52. The van der Waals surface area contributed by atoms with E-state index >= 15 is 0 Å². The highest BCUT2D eigenvalue weighted by atomic mass is 15.0. The monoisotopic (exact) mass is 576 g/mol. The molecule has 0 amide bonds. The van der Waals surface area contributed by atoms with Gasteiger partial charge in [-0.3, -0.25) is 4.40 Å². The van der Waals surface area contributed by atoms with E-state index in [1.165, 1.54) is 0 Å². The third kappa shape index (κ3) is 5.21. The Hall–Kier alpha value is -6.06. The molecular weight excluding hydrogens is 546 g/mol. The van der Waals surface area contributed by atoms with Crippen LogP contribution in [0.15, 0.2) is 176 Å². The molecule has 3 nitrogen and oxygen atoms in total. The molecule has 0 saturated heterocycles. The first kappa shape index (κ1) is 25.4. The lowest BCUT2D eigenvalue weighted by molar-refractivity contribution is 1.19. The number of nitrogens with zero attached hydrogens (tertiary/aromatic N) is 3. The van der Waals surface area contributed by atoms with Crippen molar-refractivity contribution < 1.29 is 1.37 Å². The van der Waals surface area contributed by atoms with E-state index in [2.05, 4.69) is 89.5 Å². The first-order chi connectivity index (χ1) is 22.7. The molecule has 212 valence electrons. The van der Waals surface area contributed by atoms with Gasteiger partial charge in [-0.15, -0.1) is 0 Å². The van der Waals surface area contributed by atoms with Crippen LogP contribution < -0.4 is 0 Å². The van der Waals surface area contributed by atoms with Crippen LogP contribution in [0.5, 0.6) is 0 Å². The van der Waals surface area contributed by atoms with Gasteiger partial charge < -0.3 is 0 Å². The van der Waals surface area contributed by atoms with Crippen LogP contribution in [0, 0.1) is 0 Å². The van der Waals surface area contributed by atoms with E-state index in [-0.39, 0.29) is 0 Å². The summed E-state index contributed by atoms with van der Waals surface area (Å²) in [7, 11) is 0. The first-order valence-corrected chi connectivity index (χ1v) is 15.1. The summed E-state index contributed by atoms with van der Waals surface area (Å²) < 4.78 is 10.9. The lowest BCUT2D eigenvalue weighted by Gasteiger charge is -2.12. The minimum atomic E-state index is 0.462. The van der Waals surface area contributed by atoms with E-state index in [4.69, 9.17) is 11.3 Å². The van der Waals surface area contributed by atoms with Crippen LogP contribution >= 0.6 is 0 Å². The van der Waals surface area contributed by atoms with Crippen LogP contribution in [0.3, 0.4) is 0 Å². The second-order valence-corrected chi connectivity index (χ2v) is 11.0. The van der Waals surface area contributed by atoms with Crippen molar-refractivity contribution in [3.63, 3.8) is 0 Å². The number of fused-ring (bicyclic) bond motifs is 1. The molecule has 0 spiro atoms. The molecule has 3 heteroatoms. The van der Waals surface area contributed by atoms with Crippen molar-refractivity contribution in [2.24, 2.45) is 0 Å². The molecule has 0 aliphatic heterocycles. The summed E-state index contributed by atoms with van der Waals surface area (Å²) >= 11 is 0. The van der Waals surface area contributed by atoms with Gasteiger partial charge in [0.1, 0.15) is 5.65 Å². The molecule has 0 fully saturated rings. The molecule has 0 atom stereocenters. The molecule has 0 radical (unpaired) electrons. The maximum Gasteiger partial charge on any atom is 0.137 e. The molecule has 0 saturated carbocycles. The molecule has 0 unspecified atom stereocenters. The van der Waals surface area contributed by atoms with E-state index < -0.39 is 0 Å². The Labute approximate surface area is 264 Å². The van der Waals surface area contributed by atoms with Crippen molar-refractivity contribution in [3.05, 3.63) is 176 Å². The smallest absolute Gasteiger partial charge is 0.137 e. The molecule has 8 rings (SSSR count). The van der Waals surface area contributed by atoms with Gasteiger partial charge in [0.25, 0.3) is 0 Å². The minimum Gasteiger partial charge on any atom is -0.299 e. The SMILES string of the molecule is [2H]c1cc(-c2ccc(-c3c(-c4ccccc4)nc4ccccn34)cc2)cc(-c2cc(-c3ccccc3)nc(-c3ccccc3)c2)c1. The highest BCUT2D eigenvalue weighted by molar-refractivity contribution is 5.84. The third-order valence-electron chi connectivity index (χ3n) is 8.16. The summed E-state index contributed by atoms with van der Waals surface area (Å²) in [5, 5.41) is 0. The number of hydrogen-bond donors (Lipinski definition) is 0. The predicted molar refractivity (Wildman–Crippen MR) is 186 cm³/mol. The number of rotatable bonds is 6. The van der Waals surface area contributed by atoms with Crippen LogP contribution in [0.2, 0.25) is 0 Å². The van der Waals surface area contributed by atoms with Gasteiger partial charge in [0, 0.05) is 28.5 Å². The van der Waals surface area contributed by atoms with Crippen molar-refractivity contribution >= 4 is 5.65 Å². The molecule has 5 aromatic carbocycles. The third-order valence-corrected chi connectivity index (χ3v) is 8.16. The summed E-state index contributed by atoms with van der Waals surface area (Å²) in [6.45, 7) is 0. The number of imidazole rings is 1. The highest BCUT2D eigenvalue weighted by Gasteiger charge is 2.16. The van der Waals surface area contributed by atoms with Crippen molar-refractivity contribution in [3.8, 4) is 67.3 Å². The fourth-order valence-corrected chi connectivity index (χ4v) is 5.91. The normalized spacial score (nSPS) is 11.4. The number of hydrogen-bond acceptors (Lipinski definition) is 2. The molecule has 0 N–H and O–H groups in total. The fraction of sp³-hybridized carbons (Fsp3) is 0. The van der Waals surface area contributed by atoms with E-state index in [1.807, 2.05) is 84.9 Å². The Kier molecular flexibility index (Phi) is 6.53. The van der Waals surface area contributed by atoms with E-state index in [9.17, 15) is 0 Å². The molecule has 0 aliphatic carbocycles. The Morgan fingerprint density at radius 2 is 0.933 bits per heavy atom. The second kappa shape index (κ2) is 11.6. The summed E-state index contributed by atoms with van der Waals surface area (Å²) in [6, 6.07) is 56.3. The first-order valence-electron chi connectivity index (χ1n) is 15.6. The maximum atomic E-state index is 8.75. The molecule has 3 aromatic heterocycles. The quantitative estimate of drug-likeness (QED) is 0.197. The van der Waals surface area contributed by atoms with Crippen molar-refractivity contribution in [2.45, 2.75) is 0 Å². The number of aromatic nitrogens is 3. The van der Waals surface area contributed by atoms with Gasteiger partial charge in [-0.2, -0.15) is 0 Å². The van der Waals surface area contributed by atoms with Crippen LogP contribution in [-0.4, -0.2) is 14.4 Å². The number of benzene rings is 5. The zero-order valence-electron chi connectivity index (χ0n) is 25.5. The standard InChI is InChI=1S/C42H29N3/c1-4-13-31(14-5-1)38-28-37(29-39(43-38)32-15-6-2-7-16-32)36-20-12-19-35(27-36)30-22-24-34(25-23-30)42-41(33-17-8-3-9-18-33)44-40-21-10-11-26-45(40)42/h1-29H/i12D. The zero-order chi connectivity index (χ0) is 30.9. The Balaban J connectivity index is 1.21. The number of pyridine rings is 2. The largest absolute Gasteiger partial charge is 0.299 e. The summed E-state index contributed by atoms with van der Waals surface area (Å²) in [4.78, 5) is 10.0. The topological polar surface area (TPSA) is 30.2 Å². The minimum absolute atomic E-state index is 0.462. The summed E-state index contributed by atoms with van der Waals surface area (Å²) in [5.41, 5.74) is 13.1. The maximum absolute atomic E-state index is 8.75. The zero-order valence-corrected chi connectivity index (χ0v) is 24.5. The summed E-state index contributed by atoms with van der Waals surface area (Å²) in [6.07, 6.45) is 2.07. The van der Waals surface area contributed by atoms with Crippen LogP contribution in [-0.2, 0) is 0 Å². The van der Waals surface area contributed by atoms with Crippen molar-refractivity contribution in [2.75, 3.05) is 0 Å². The Morgan fingerprint density at radius 3 is 1.56 bits per heavy atom. The van der Waals surface area contributed by atoms with Crippen molar-refractivity contribution in [1.82, 2.24) is 14.4 Å². The predicted octanol–water partition coefficient (Wildman–Crippen LogP) is 10.7. The second-order valence-electron chi connectivity index (χ2n) is 11.0. The van der Waals surface area contributed by atoms with E-state index in [0.717, 1.165) is 72.9 Å². The van der Waals surface area contributed by atoms with Crippen molar-refractivity contribution in [1.29, 1.82) is 0 Å². The van der Waals surface area contributed by atoms with Gasteiger partial charge in [-0.05, 0) is 52.6 Å². The fourth-order valence-electron chi connectivity index (χ4n) is 5.91. The molecule has 45 heavy (non-hydrogen) atoms. The Bertz CT molecular complexity index is 2240. The molecule has 0 bridgehead atoms. The molecular formula is C42H29N3. The average molecular weight is 577 g/mol. The van der Waals surface area contributed by atoms with Gasteiger partial charge in [0.15, 0.2) is 0 Å². The molecule has 8 aromatic rings. The van der Waals surface area contributed by atoms with E-state index in [1.54, 1.807) is 0 Å². The van der Waals surface area contributed by atoms with Gasteiger partial charge in [0.05, 0.1) is 24.1 Å². The van der Waals surface area contributed by atoms with Gasteiger partial charge in [0.2, 0.25) is 0 Å². The van der Waals surface area contributed by atoms with Crippen LogP contribution in [0.1, 0.15) is 1.37 Å². The van der Waals surface area contributed by atoms with Gasteiger partial charge in [-0.25, -0.2) is 9.97 Å². The Morgan fingerprint density at radius 1 is 0.400 bits per heavy atom. The summed E-state index contributed by atoms with van der Waals surface area (Å²) in [5.74, 6) is 0. The van der Waals surface area contributed by atoms with Crippen LogP contribution in [0.25, 0.3) is 72.9 Å². The molecule has 3 heterocycles. The van der Waals surface area contributed by atoms with Gasteiger partial charge in [-0.1, -0.05) is 140 Å². The van der Waals surface area contributed by atoms with Gasteiger partial charge >= 0.3 is 0 Å². The molecule has 0 aliphatic rings. The van der Waals surface area contributed by atoms with Crippen LogP contribution in [0.4, 0.5) is 0 Å². The lowest BCUT2D eigenvalue weighted by atomic mass is 9.96.